The second kappa shape index (κ2) is 12.2. The van der Waals surface area contributed by atoms with Crippen molar-refractivity contribution < 1.29 is 22.4 Å². The molecule has 0 saturated heterocycles. The molecule has 202 valence electrons. The monoisotopic (exact) mass is 539 g/mol. The number of nitrogens with one attached hydrogen (secondary N) is 1. The fourth-order valence-electron chi connectivity index (χ4n) is 4.12. The first kappa shape index (κ1) is 28.8. The Hall–Kier alpha value is -3.72. The molecular formula is C29H34FN3O4S. The second-order valence-corrected chi connectivity index (χ2v) is 11.4. The predicted molar refractivity (Wildman–Crippen MR) is 147 cm³/mol. The number of hydrogen-bond donors (Lipinski definition) is 1. The summed E-state index contributed by atoms with van der Waals surface area (Å²) in [6.07, 6.45) is 0. The molecule has 3 rings (SSSR count). The van der Waals surface area contributed by atoms with Gasteiger partial charge in [-0.15, -0.1) is 0 Å². The van der Waals surface area contributed by atoms with E-state index < -0.39 is 40.2 Å². The van der Waals surface area contributed by atoms with Crippen LogP contribution in [-0.4, -0.2) is 43.8 Å². The fraction of sp³-hybridized carbons (Fsp3) is 0.310. The summed E-state index contributed by atoms with van der Waals surface area (Å²) < 4.78 is 43.2. The van der Waals surface area contributed by atoms with E-state index in [1.807, 2.05) is 13.0 Å². The van der Waals surface area contributed by atoms with Crippen molar-refractivity contribution in [1.82, 2.24) is 10.2 Å². The number of amides is 2. The number of anilines is 1. The molecule has 3 aromatic carbocycles. The highest BCUT2D eigenvalue weighted by molar-refractivity contribution is 7.92. The molecule has 0 spiro atoms. The largest absolute Gasteiger partial charge is 0.352 e. The van der Waals surface area contributed by atoms with Crippen LogP contribution in [0.15, 0.2) is 77.7 Å². The molecule has 0 aliphatic carbocycles. The molecule has 0 aliphatic heterocycles. The molecule has 0 aliphatic rings. The number of halogens is 1. The van der Waals surface area contributed by atoms with Gasteiger partial charge >= 0.3 is 0 Å². The minimum atomic E-state index is -4.15. The van der Waals surface area contributed by atoms with Crippen LogP contribution in [0.4, 0.5) is 10.1 Å². The van der Waals surface area contributed by atoms with Crippen molar-refractivity contribution >= 4 is 27.5 Å². The summed E-state index contributed by atoms with van der Waals surface area (Å²) in [6.45, 7) is 8.02. The van der Waals surface area contributed by atoms with Crippen LogP contribution in [0.3, 0.4) is 0 Å². The van der Waals surface area contributed by atoms with Crippen LogP contribution < -0.4 is 9.62 Å². The Morgan fingerprint density at radius 3 is 2.16 bits per heavy atom. The molecule has 38 heavy (non-hydrogen) atoms. The first-order chi connectivity index (χ1) is 17.9. The van der Waals surface area contributed by atoms with E-state index in [-0.39, 0.29) is 23.0 Å². The minimum absolute atomic E-state index is 0.0269. The summed E-state index contributed by atoms with van der Waals surface area (Å²) in [5.74, 6) is -1.59. The number of rotatable bonds is 10. The van der Waals surface area contributed by atoms with Crippen LogP contribution in [-0.2, 0) is 26.2 Å². The summed E-state index contributed by atoms with van der Waals surface area (Å²) in [5.41, 5.74) is 2.17. The molecule has 1 N–H and O–H groups in total. The number of nitrogens with zero attached hydrogens (tertiary/aromatic N) is 2. The van der Waals surface area contributed by atoms with Crippen LogP contribution in [0.5, 0.6) is 0 Å². The number of hydrogen-bond acceptors (Lipinski definition) is 4. The van der Waals surface area contributed by atoms with Crippen LogP contribution in [0.1, 0.15) is 37.5 Å². The number of carbonyl (C=O) groups excluding carboxylic acids is 2. The maximum atomic E-state index is 14.6. The molecule has 7 nitrogen and oxygen atoms in total. The van der Waals surface area contributed by atoms with Gasteiger partial charge in [-0.2, -0.15) is 0 Å². The molecule has 0 aromatic heterocycles. The molecule has 3 aromatic rings. The fourth-order valence-corrected chi connectivity index (χ4v) is 5.62. The molecule has 2 amide bonds. The van der Waals surface area contributed by atoms with Crippen molar-refractivity contribution in [3.05, 3.63) is 95.3 Å². The Kier molecular flexibility index (Phi) is 9.27. The maximum absolute atomic E-state index is 14.6. The lowest BCUT2D eigenvalue weighted by molar-refractivity contribution is -0.139. The molecule has 0 unspecified atom stereocenters. The van der Waals surface area contributed by atoms with Gasteiger partial charge in [-0.25, -0.2) is 12.8 Å². The first-order valence-electron chi connectivity index (χ1n) is 12.4. The van der Waals surface area contributed by atoms with Gasteiger partial charge in [-0.1, -0.05) is 54.1 Å². The zero-order valence-electron chi connectivity index (χ0n) is 22.3. The third-order valence-electron chi connectivity index (χ3n) is 6.13. The lowest BCUT2D eigenvalue weighted by atomic mass is 10.1. The summed E-state index contributed by atoms with van der Waals surface area (Å²) in [5, 5.41) is 2.78. The second-order valence-electron chi connectivity index (χ2n) is 9.57. The molecule has 1 atom stereocenters. The van der Waals surface area contributed by atoms with Gasteiger partial charge in [0, 0.05) is 18.2 Å². The normalized spacial score (nSPS) is 12.2. The van der Waals surface area contributed by atoms with Crippen LogP contribution in [0.2, 0.25) is 0 Å². The van der Waals surface area contributed by atoms with E-state index >= 15 is 0 Å². The van der Waals surface area contributed by atoms with E-state index in [0.29, 0.717) is 11.3 Å². The van der Waals surface area contributed by atoms with Gasteiger partial charge in [0.2, 0.25) is 11.8 Å². The van der Waals surface area contributed by atoms with Gasteiger partial charge in [-0.05, 0) is 64.4 Å². The van der Waals surface area contributed by atoms with Crippen LogP contribution in [0.25, 0.3) is 0 Å². The van der Waals surface area contributed by atoms with E-state index in [9.17, 15) is 22.4 Å². The van der Waals surface area contributed by atoms with E-state index in [1.54, 1.807) is 64.1 Å². The summed E-state index contributed by atoms with van der Waals surface area (Å²) >= 11 is 0. The Labute approximate surface area is 224 Å². The molecular weight excluding hydrogens is 505 g/mol. The highest BCUT2D eigenvalue weighted by Gasteiger charge is 2.33. The third kappa shape index (κ3) is 6.77. The van der Waals surface area contributed by atoms with Crippen molar-refractivity contribution in [3.63, 3.8) is 0 Å². The van der Waals surface area contributed by atoms with Gasteiger partial charge in [0.15, 0.2) is 0 Å². The zero-order chi connectivity index (χ0) is 28.0. The van der Waals surface area contributed by atoms with Crippen LogP contribution in [0, 0.1) is 19.7 Å². The third-order valence-corrected chi connectivity index (χ3v) is 7.90. The number of benzene rings is 3. The molecule has 0 bridgehead atoms. The van der Waals surface area contributed by atoms with Gasteiger partial charge in [0.25, 0.3) is 10.0 Å². The van der Waals surface area contributed by atoms with E-state index in [2.05, 4.69) is 5.32 Å². The number of carbonyl (C=O) groups is 2. The Bertz CT molecular complexity index is 1390. The number of aryl methyl sites for hydroxylation is 2. The average molecular weight is 540 g/mol. The standard InChI is InChI=1S/C29H34FN3O4S/c1-20(2)31-29(35)23(5)32(18-24-11-9-10-14-26(24)30)28(34)19-33(27-16-15-21(3)17-22(27)4)38(36,37)25-12-7-6-8-13-25/h6-17,20,23H,18-19H2,1-5H3,(H,31,35)/t23-/m1/s1. The predicted octanol–water partition coefficient (Wildman–Crippen LogP) is 4.58. The first-order valence-corrected chi connectivity index (χ1v) is 13.8. The minimum Gasteiger partial charge on any atom is -0.352 e. The van der Waals surface area contributed by atoms with Crippen molar-refractivity contribution in [3.8, 4) is 0 Å². The molecule has 0 radical (unpaired) electrons. The molecule has 0 fully saturated rings. The van der Waals surface area contributed by atoms with Crippen molar-refractivity contribution in [2.75, 3.05) is 10.8 Å². The number of sulfonamides is 1. The highest BCUT2D eigenvalue weighted by Crippen LogP contribution is 2.28. The van der Waals surface area contributed by atoms with Gasteiger partial charge < -0.3 is 10.2 Å². The maximum Gasteiger partial charge on any atom is 0.264 e. The topological polar surface area (TPSA) is 86.8 Å². The van der Waals surface area contributed by atoms with Crippen molar-refractivity contribution in [2.45, 2.75) is 58.1 Å². The SMILES string of the molecule is Cc1ccc(N(CC(=O)N(Cc2ccccc2F)[C@H](C)C(=O)NC(C)C)S(=O)(=O)c2ccccc2)c(C)c1. The van der Waals surface area contributed by atoms with Gasteiger partial charge in [0.05, 0.1) is 10.6 Å². The Morgan fingerprint density at radius 2 is 1.55 bits per heavy atom. The van der Waals surface area contributed by atoms with Crippen LogP contribution >= 0.6 is 0 Å². The summed E-state index contributed by atoms with van der Waals surface area (Å²) in [7, 11) is -4.15. The molecule has 0 heterocycles. The smallest absolute Gasteiger partial charge is 0.264 e. The quantitative estimate of drug-likeness (QED) is 0.409. The van der Waals surface area contributed by atoms with Gasteiger partial charge in [0.1, 0.15) is 18.4 Å². The van der Waals surface area contributed by atoms with E-state index in [4.69, 9.17) is 0 Å². The zero-order valence-corrected chi connectivity index (χ0v) is 23.1. The Balaban J connectivity index is 2.07. The van der Waals surface area contributed by atoms with Crippen molar-refractivity contribution in [1.29, 1.82) is 0 Å². The summed E-state index contributed by atoms with van der Waals surface area (Å²) in [4.78, 5) is 28.0. The van der Waals surface area contributed by atoms with Gasteiger partial charge in [-0.3, -0.25) is 13.9 Å². The van der Waals surface area contributed by atoms with E-state index in [0.717, 1.165) is 9.87 Å². The lowest BCUT2D eigenvalue weighted by Crippen LogP contribution is -2.52. The Morgan fingerprint density at radius 1 is 0.921 bits per heavy atom. The molecule has 0 saturated carbocycles. The summed E-state index contributed by atoms with van der Waals surface area (Å²) in [6, 6.07) is 17.9. The van der Waals surface area contributed by atoms with E-state index in [1.165, 1.54) is 35.2 Å². The lowest BCUT2D eigenvalue weighted by Gasteiger charge is -2.32. The van der Waals surface area contributed by atoms with Crippen molar-refractivity contribution in [2.24, 2.45) is 0 Å². The highest BCUT2D eigenvalue weighted by atomic mass is 32.2. The average Bonchev–Trinajstić information content (AvgIpc) is 2.86. The molecule has 9 heteroatoms.